The summed E-state index contributed by atoms with van der Waals surface area (Å²) in [6.07, 6.45) is 1.57. The highest BCUT2D eigenvalue weighted by Gasteiger charge is 2.23. The molecule has 2 aromatic carbocycles. The molecule has 1 aromatic heterocycles. The van der Waals surface area contributed by atoms with Crippen LogP contribution in [0.2, 0.25) is 0 Å². The number of halogens is 1. The quantitative estimate of drug-likeness (QED) is 0.573. The molecule has 0 saturated carbocycles. The van der Waals surface area contributed by atoms with Crippen molar-refractivity contribution in [2.45, 2.75) is 18.7 Å². The average Bonchev–Trinajstić information content (AvgIpc) is 3.25. The van der Waals surface area contributed by atoms with Gasteiger partial charge in [0.1, 0.15) is 11.6 Å². The van der Waals surface area contributed by atoms with Crippen LogP contribution in [0, 0.1) is 5.82 Å². The number of carbonyl (C=O) groups is 1. The summed E-state index contributed by atoms with van der Waals surface area (Å²) in [5.41, 5.74) is 0.894. The normalized spacial score (nSPS) is 11.5. The van der Waals surface area contributed by atoms with Gasteiger partial charge >= 0.3 is 0 Å². The van der Waals surface area contributed by atoms with E-state index in [1.165, 1.54) is 64.6 Å². The van der Waals surface area contributed by atoms with Gasteiger partial charge < -0.3 is 10.1 Å². The monoisotopic (exact) mass is 446 g/mol. The van der Waals surface area contributed by atoms with E-state index in [0.717, 1.165) is 0 Å². The van der Waals surface area contributed by atoms with Crippen LogP contribution in [0.3, 0.4) is 0 Å². The van der Waals surface area contributed by atoms with E-state index in [9.17, 15) is 17.6 Å². The number of sulfonamides is 1. The summed E-state index contributed by atoms with van der Waals surface area (Å²) < 4.78 is 46.8. The van der Waals surface area contributed by atoms with Crippen LogP contribution >= 0.6 is 0 Å². The van der Waals surface area contributed by atoms with E-state index in [2.05, 4.69) is 10.4 Å². The first-order valence-electron chi connectivity index (χ1n) is 9.61. The number of benzene rings is 2. The van der Waals surface area contributed by atoms with Gasteiger partial charge in [-0.2, -0.15) is 9.40 Å². The number of methoxy groups -OCH3 is 1. The van der Waals surface area contributed by atoms with E-state index in [-0.39, 0.29) is 22.1 Å². The number of nitrogens with one attached hydrogen (secondary N) is 1. The fourth-order valence-electron chi connectivity index (χ4n) is 3.03. The van der Waals surface area contributed by atoms with Crippen molar-refractivity contribution in [1.82, 2.24) is 14.1 Å². The van der Waals surface area contributed by atoms with Crippen LogP contribution in [0.5, 0.6) is 5.75 Å². The number of hydrogen-bond acceptors (Lipinski definition) is 5. The third-order valence-electron chi connectivity index (χ3n) is 4.68. The first-order chi connectivity index (χ1) is 14.8. The molecule has 0 spiro atoms. The summed E-state index contributed by atoms with van der Waals surface area (Å²) in [5, 5.41) is 6.86. The Morgan fingerprint density at radius 3 is 2.42 bits per heavy atom. The number of nitrogens with zero attached hydrogens (tertiary/aromatic N) is 3. The van der Waals surface area contributed by atoms with Crippen LogP contribution in [-0.4, -0.2) is 48.6 Å². The van der Waals surface area contributed by atoms with Gasteiger partial charge in [0.2, 0.25) is 10.0 Å². The molecule has 0 fully saturated rings. The summed E-state index contributed by atoms with van der Waals surface area (Å²) >= 11 is 0. The highest BCUT2D eigenvalue weighted by molar-refractivity contribution is 7.89. The van der Waals surface area contributed by atoms with Crippen molar-refractivity contribution in [2.24, 2.45) is 0 Å². The number of ether oxygens (including phenoxy) is 1. The van der Waals surface area contributed by atoms with Gasteiger partial charge in [-0.1, -0.05) is 13.8 Å². The molecule has 0 aliphatic rings. The van der Waals surface area contributed by atoms with Gasteiger partial charge in [-0.25, -0.2) is 17.5 Å². The van der Waals surface area contributed by atoms with Crippen molar-refractivity contribution >= 4 is 21.6 Å². The molecule has 3 rings (SSSR count). The fourth-order valence-corrected chi connectivity index (χ4v) is 4.51. The summed E-state index contributed by atoms with van der Waals surface area (Å²) in [6.45, 7) is 4.16. The van der Waals surface area contributed by atoms with E-state index < -0.39 is 15.9 Å². The summed E-state index contributed by atoms with van der Waals surface area (Å²) in [5.74, 6) is -0.609. The Bertz CT molecular complexity index is 1170. The zero-order valence-corrected chi connectivity index (χ0v) is 18.2. The predicted molar refractivity (Wildman–Crippen MR) is 115 cm³/mol. The second-order valence-corrected chi connectivity index (χ2v) is 8.47. The summed E-state index contributed by atoms with van der Waals surface area (Å²) in [7, 11) is -2.29. The molecule has 0 bridgehead atoms. The van der Waals surface area contributed by atoms with Crippen molar-refractivity contribution in [3.8, 4) is 11.4 Å². The fraction of sp³-hybridized carbons (Fsp3) is 0.238. The minimum absolute atomic E-state index is 0.0455. The smallest absolute Gasteiger partial charge is 0.276 e. The third kappa shape index (κ3) is 4.75. The average molecular weight is 447 g/mol. The number of rotatable bonds is 8. The number of anilines is 1. The number of amides is 1. The lowest BCUT2D eigenvalue weighted by atomic mass is 10.2. The number of hydrogen-bond donors (Lipinski definition) is 1. The molecule has 0 radical (unpaired) electrons. The summed E-state index contributed by atoms with van der Waals surface area (Å²) in [4.78, 5) is 12.8. The van der Waals surface area contributed by atoms with Crippen LogP contribution in [0.25, 0.3) is 5.69 Å². The Hall–Kier alpha value is -3.24. The molecule has 1 heterocycles. The molecule has 0 saturated heterocycles. The van der Waals surface area contributed by atoms with Crippen molar-refractivity contribution in [2.75, 3.05) is 25.5 Å². The topological polar surface area (TPSA) is 93.5 Å². The van der Waals surface area contributed by atoms with Gasteiger partial charge in [0.15, 0.2) is 5.69 Å². The van der Waals surface area contributed by atoms with Gasteiger partial charge in [-0.15, -0.1) is 0 Å². The lowest BCUT2D eigenvalue weighted by molar-refractivity contribution is 0.102. The van der Waals surface area contributed by atoms with Gasteiger partial charge in [-0.05, 0) is 48.5 Å². The van der Waals surface area contributed by atoms with E-state index >= 15 is 0 Å². The molecule has 1 N–H and O–H groups in total. The molecule has 164 valence electrons. The van der Waals surface area contributed by atoms with Crippen LogP contribution in [0.15, 0.2) is 59.6 Å². The zero-order chi connectivity index (χ0) is 22.6. The lowest BCUT2D eigenvalue weighted by Gasteiger charge is -2.19. The van der Waals surface area contributed by atoms with Gasteiger partial charge in [0, 0.05) is 19.3 Å². The van der Waals surface area contributed by atoms with Crippen molar-refractivity contribution in [3.05, 3.63) is 66.2 Å². The minimum Gasteiger partial charge on any atom is -0.495 e. The maximum absolute atomic E-state index is 13.1. The zero-order valence-electron chi connectivity index (χ0n) is 17.4. The molecular weight excluding hydrogens is 423 g/mol. The number of carbonyl (C=O) groups excluding carboxylic acids is 1. The Kier molecular flexibility index (Phi) is 6.71. The predicted octanol–water partition coefficient (Wildman–Crippen LogP) is 3.30. The lowest BCUT2D eigenvalue weighted by Crippen LogP contribution is -2.30. The first kappa shape index (κ1) is 22.4. The Balaban J connectivity index is 1.88. The number of aromatic nitrogens is 2. The minimum atomic E-state index is -3.71. The molecule has 0 unspecified atom stereocenters. The molecule has 31 heavy (non-hydrogen) atoms. The molecule has 0 aliphatic heterocycles. The second kappa shape index (κ2) is 9.27. The van der Waals surface area contributed by atoms with E-state index in [4.69, 9.17) is 4.74 Å². The SMILES string of the molecule is CCN(CC)S(=O)(=O)c1ccc(OC)c(NC(=O)c2ccn(-c3ccc(F)cc3)n2)c1. The van der Waals surface area contributed by atoms with E-state index in [1.807, 2.05) is 0 Å². The molecule has 1 amide bonds. The largest absolute Gasteiger partial charge is 0.495 e. The highest BCUT2D eigenvalue weighted by atomic mass is 32.2. The van der Waals surface area contributed by atoms with Crippen LogP contribution < -0.4 is 10.1 Å². The molecular formula is C21H23FN4O4S. The van der Waals surface area contributed by atoms with E-state index in [1.54, 1.807) is 20.0 Å². The van der Waals surface area contributed by atoms with Gasteiger partial charge in [-0.3, -0.25) is 4.79 Å². The van der Waals surface area contributed by atoms with E-state index in [0.29, 0.717) is 24.5 Å². The van der Waals surface area contributed by atoms with Crippen molar-refractivity contribution < 1.29 is 22.3 Å². The van der Waals surface area contributed by atoms with Gasteiger partial charge in [0.05, 0.1) is 23.4 Å². The maximum Gasteiger partial charge on any atom is 0.276 e. The van der Waals surface area contributed by atoms with Crippen LogP contribution in [-0.2, 0) is 10.0 Å². The Labute approximate surface area is 180 Å². The Morgan fingerprint density at radius 1 is 1.13 bits per heavy atom. The molecule has 0 atom stereocenters. The molecule has 0 aliphatic carbocycles. The van der Waals surface area contributed by atoms with Gasteiger partial charge in [0.25, 0.3) is 5.91 Å². The van der Waals surface area contributed by atoms with Crippen LogP contribution in [0.1, 0.15) is 24.3 Å². The van der Waals surface area contributed by atoms with Crippen LogP contribution in [0.4, 0.5) is 10.1 Å². The van der Waals surface area contributed by atoms with Crippen molar-refractivity contribution in [1.29, 1.82) is 0 Å². The standard InChI is InChI=1S/C21H23FN4O4S/c1-4-25(5-2)31(28,29)17-10-11-20(30-3)19(14-17)23-21(27)18-12-13-26(24-18)16-8-6-15(22)7-9-16/h6-14H,4-5H2,1-3H3,(H,23,27). The first-order valence-corrected chi connectivity index (χ1v) is 11.0. The van der Waals surface area contributed by atoms with Crippen molar-refractivity contribution in [3.63, 3.8) is 0 Å². The molecule has 3 aromatic rings. The summed E-state index contributed by atoms with van der Waals surface area (Å²) in [6, 6.07) is 11.5. The maximum atomic E-state index is 13.1. The highest BCUT2D eigenvalue weighted by Crippen LogP contribution is 2.29. The molecule has 10 heteroatoms. The second-order valence-electron chi connectivity index (χ2n) is 6.53. The Morgan fingerprint density at radius 2 is 1.81 bits per heavy atom. The third-order valence-corrected chi connectivity index (χ3v) is 6.72. The molecule has 8 nitrogen and oxygen atoms in total.